The Balaban J connectivity index is 0.852. The molecule has 1 spiro atoms. The van der Waals surface area contributed by atoms with Crippen molar-refractivity contribution < 1.29 is 0 Å². The largest absolute Gasteiger partial charge is 0.264 e. The second-order valence-electron chi connectivity index (χ2n) is 16.3. The fourth-order valence-corrected chi connectivity index (χ4v) is 9.80. The van der Waals surface area contributed by atoms with Crippen LogP contribution in [0.15, 0.2) is 200 Å². The first-order valence-corrected chi connectivity index (χ1v) is 21.2. The predicted octanol–water partition coefficient (Wildman–Crippen LogP) is 14.8. The van der Waals surface area contributed by atoms with E-state index in [1.807, 2.05) is 30.5 Å². The molecular weight excluding hydrogens is 727 g/mol. The number of hydrogen-bond acceptors (Lipinski definition) is 3. The zero-order chi connectivity index (χ0) is 39.9. The maximum absolute atomic E-state index is 5.07. The van der Waals surface area contributed by atoms with Gasteiger partial charge in [0.1, 0.15) is 0 Å². The predicted molar refractivity (Wildman–Crippen MR) is 247 cm³/mol. The molecule has 0 radical (unpaired) electrons. The standard InChI is InChI=1S/C57H43N3/c1-3-11-47(12-4-1)56-59-53(37-54(60-56)46-32-26-43(27-33-46)48-13-10-36-58-38-48)45-30-24-42(25-31-45)40-20-18-39(19-21-40)41-22-28-44(29-23-41)49-15-9-17-52-55(49)50-14-5-6-16-51(50)57(52)34-7-2-8-35-57/h1,3-6,9-33,36-38H,2,7-8,34-35H2. The van der Waals surface area contributed by atoms with Gasteiger partial charge in [-0.05, 0) is 91.7 Å². The van der Waals surface area contributed by atoms with E-state index < -0.39 is 0 Å². The zero-order valence-corrected chi connectivity index (χ0v) is 33.4. The first-order chi connectivity index (χ1) is 29.7. The quantitative estimate of drug-likeness (QED) is 0.162. The third-order valence-electron chi connectivity index (χ3n) is 12.9. The van der Waals surface area contributed by atoms with E-state index in [2.05, 4.69) is 169 Å². The highest BCUT2D eigenvalue weighted by Gasteiger charge is 2.44. The molecule has 286 valence electrons. The molecule has 0 aliphatic heterocycles. The molecule has 7 aromatic carbocycles. The van der Waals surface area contributed by atoms with Crippen molar-refractivity contribution in [2.24, 2.45) is 0 Å². The normalized spacial score (nSPS) is 13.8. The molecule has 60 heavy (non-hydrogen) atoms. The maximum atomic E-state index is 5.07. The van der Waals surface area contributed by atoms with Crippen LogP contribution in [-0.2, 0) is 5.41 Å². The van der Waals surface area contributed by atoms with Crippen molar-refractivity contribution in [3.63, 3.8) is 0 Å². The summed E-state index contributed by atoms with van der Waals surface area (Å²) in [6, 6.07) is 67.9. The van der Waals surface area contributed by atoms with Gasteiger partial charge in [-0.1, -0.05) is 195 Å². The summed E-state index contributed by atoms with van der Waals surface area (Å²) in [4.78, 5) is 14.4. The number of fused-ring (bicyclic) bond motifs is 5. The van der Waals surface area contributed by atoms with Crippen molar-refractivity contribution in [1.29, 1.82) is 0 Å². The van der Waals surface area contributed by atoms with E-state index in [-0.39, 0.29) is 5.41 Å². The van der Waals surface area contributed by atoms with Crippen LogP contribution in [0.25, 0.3) is 89.5 Å². The van der Waals surface area contributed by atoms with Crippen LogP contribution in [-0.4, -0.2) is 15.0 Å². The molecule has 0 bridgehead atoms. The first kappa shape index (κ1) is 35.9. The Morgan fingerprint density at radius 2 is 0.833 bits per heavy atom. The summed E-state index contributed by atoms with van der Waals surface area (Å²) in [5.74, 6) is 0.706. The highest BCUT2D eigenvalue weighted by molar-refractivity contribution is 5.93. The average molecular weight is 770 g/mol. The SMILES string of the molecule is c1ccc(-c2nc(-c3ccc(-c4ccc(-c5ccc(-c6cccc7c6-c6ccccc6C76CCCCC6)cc5)cc4)cc3)cc(-c3ccc(-c4cccnc4)cc3)n2)cc1. The van der Waals surface area contributed by atoms with E-state index in [9.17, 15) is 0 Å². The average Bonchev–Trinajstić information content (AvgIpc) is 3.60. The third kappa shape index (κ3) is 6.44. The van der Waals surface area contributed by atoms with Gasteiger partial charge in [-0.15, -0.1) is 0 Å². The zero-order valence-electron chi connectivity index (χ0n) is 33.4. The van der Waals surface area contributed by atoms with Gasteiger partial charge in [-0.2, -0.15) is 0 Å². The molecule has 2 aliphatic carbocycles. The molecule has 2 aliphatic rings. The van der Waals surface area contributed by atoms with Crippen LogP contribution in [0.4, 0.5) is 0 Å². The minimum Gasteiger partial charge on any atom is -0.264 e. The molecular formula is C57H43N3. The number of benzene rings is 7. The topological polar surface area (TPSA) is 38.7 Å². The van der Waals surface area contributed by atoms with E-state index >= 15 is 0 Å². The van der Waals surface area contributed by atoms with Crippen LogP contribution in [0.1, 0.15) is 43.2 Å². The van der Waals surface area contributed by atoms with Crippen LogP contribution in [0.2, 0.25) is 0 Å². The van der Waals surface area contributed by atoms with Gasteiger partial charge in [0, 0.05) is 34.5 Å². The lowest BCUT2D eigenvalue weighted by atomic mass is 9.68. The van der Waals surface area contributed by atoms with Crippen molar-refractivity contribution in [3.8, 4) is 89.5 Å². The molecule has 1 saturated carbocycles. The molecule has 2 aromatic heterocycles. The Morgan fingerprint density at radius 1 is 0.350 bits per heavy atom. The second kappa shape index (κ2) is 15.2. The Labute approximate surface area is 352 Å². The molecule has 0 saturated heterocycles. The summed E-state index contributed by atoms with van der Waals surface area (Å²) in [6.45, 7) is 0. The Morgan fingerprint density at radius 3 is 1.42 bits per heavy atom. The minimum absolute atomic E-state index is 0.169. The van der Waals surface area contributed by atoms with Gasteiger partial charge in [0.2, 0.25) is 0 Å². The highest BCUT2D eigenvalue weighted by Crippen LogP contribution is 2.57. The highest BCUT2D eigenvalue weighted by atomic mass is 14.9. The lowest BCUT2D eigenvalue weighted by Gasteiger charge is -2.36. The van der Waals surface area contributed by atoms with E-state index in [4.69, 9.17) is 9.97 Å². The molecule has 0 amide bonds. The summed E-state index contributed by atoms with van der Waals surface area (Å²) in [5, 5.41) is 0. The van der Waals surface area contributed by atoms with E-state index in [0.717, 1.165) is 44.8 Å². The van der Waals surface area contributed by atoms with Crippen molar-refractivity contribution in [3.05, 3.63) is 212 Å². The number of rotatable bonds is 7. The van der Waals surface area contributed by atoms with Gasteiger partial charge < -0.3 is 0 Å². The molecule has 1 fully saturated rings. The van der Waals surface area contributed by atoms with Crippen LogP contribution in [0.5, 0.6) is 0 Å². The van der Waals surface area contributed by atoms with Gasteiger partial charge in [-0.25, -0.2) is 9.97 Å². The van der Waals surface area contributed by atoms with Gasteiger partial charge >= 0.3 is 0 Å². The molecule has 3 heteroatoms. The van der Waals surface area contributed by atoms with Crippen molar-refractivity contribution in [2.75, 3.05) is 0 Å². The number of pyridine rings is 1. The summed E-state index contributed by atoms with van der Waals surface area (Å²) < 4.78 is 0. The molecule has 0 unspecified atom stereocenters. The smallest absolute Gasteiger partial charge is 0.160 e. The molecule has 0 N–H and O–H groups in total. The summed E-state index contributed by atoms with van der Waals surface area (Å²) in [6.07, 6.45) is 10.2. The first-order valence-electron chi connectivity index (χ1n) is 21.2. The fraction of sp³-hybridized carbons (Fsp3) is 0.105. The lowest BCUT2D eigenvalue weighted by molar-refractivity contribution is 0.353. The molecule has 9 aromatic rings. The van der Waals surface area contributed by atoms with Crippen molar-refractivity contribution >= 4 is 0 Å². The summed E-state index contributed by atoms with van der Waals surface area (Å²) in [7, 11) is 0. The van der Waals surface area contributed by atoms with E-state index in [1.165, 1.54) is 76.6 Å². The molecule has 11 rings (SSSR count). The monoisotopic (exact) mass is 769 g/mol. The van der Waals surface area contributed by atoms with Gasteiger partial charge in [0.15, 0.2) is 5.82 Å². The number of aromatic nitrogens is 3. The minimum atomic E-state index is 0.169. The molecule has 3 nitrogen and oxygen atoms in total. The van der Waals surface area contributed by atoms with Crippen LogP contribution >= 0.6 is 0 Å². The second-order valence-corrected chi connectivity index (χ2v) is 16.3. The molecule has 2 heterocycles. The maximum Gasteiger partial charge on any atom is 0.160 e. The Bertz CT molecular complexity index is 2950. The van der Waals surface area contributed by atoms with Crippen molar-refractivity contribution in [1.82, 2.24) is 15.0 Å². The third-order valence-corrected chi connectivity index (χ3v) is 12.9. The summed E-state index contributed by atoms with van der Waals surface area (Å²) >= 11 is 0. The number of hydrogen-bond donors (Lipinski definition) is 0. The van der Waals surface area contributed by atoms with Gasteiger partial charge in [0.25, 0.3) is 0 Å². The fourth-order valence-electron chi connectivity index (χ4n) is 9.80. The lowest BCUT2D eigenvalue weighted by Crippen LogP contribution is -2.27. The van der Waals surface area contributed by atoms with Crippen LogP contribution < -0.4 is 0 Å². The van der Waals surface area contributed by atoms with Gasteiger partial charge in [-0.3, -0.25) is 4.98 Å². The van der Waals surface area contributed by atoms with Crippen LogP contribution in [0.3, 0.4) is 0 Å². The van der Waals surface area contributed by atoms with Gasteiger partial charge in [0.05, 0.1) is 11.4 Å². The molecule has 0 atom stereocenters. The van der Waals surface area contributed by atoms with Crippen LogP contribution in [0, 0.1) is 0 Å². The van der Waals surface area contributed by atoms with Crippen molar-refractivity contribution in [2.45, 2.75) is 37.5 Å². The summed E-state index contributed by atoms with van der Waals surface area (Å²) in [5.41, 5.74) is 20.6. The van der Waals surface area contributed by atoms with E-state index in [1.54, 1.807) is 11.8 Å². The Hall–Kier alpha value is -7.23. The Kier molecular flexibility index (Phi) is 9.08. The van der Waals surface area contributed by atoms with E-state index in [0.29, 0.717) is 5.82 Å². The number of nitrogens with zero attached hydrogens (tertiary/aromatic N) is 3.